The fraction of sp³-hybridized carbons (Fsp3) is 0.381. The Morgan fingerprint density at radius 3 is 2.52 bits per heavy atom. The number of guanidine groups is 1. The van der Waals surface area contributed by atoms with Crippen molar-refractivity contribution in [3.05, 3.63) is 60.2 Å². The van der Waals surface area contributed by atoms with Crippen LogP contribution in [0, 0.1) is 0 Å². The Morgan fingerprint density at radius 2 is 1.86 bits per heavy atom. The Hall–Kier alpha value is -2.58. The van der Waals surface area contributed by atoms with Gasteiger partial charge in [0, 0.05) is 31.4 Å². The van der Waals surface area contributed by atoms with E-state index >= 15 is 0 Å². The highest BCUT2D eigenvalue weighted by Gasteiger charge is 2.23. The van der Waals surface area contributed by atoms with Crippen molar-refractivity contribution in [2.75, 3.05) is 31.6 Å². The quantitative estimate of drug-likeness (QED) is 0.475. The molecule has 0 saturated carbocycles. The third-order valence-corrected chi connectivity index (χ3v) is 6.35. The zero-order valence-electron chi connectivity index (χ0n) is 16.9. The monoisotopic (exact) mass is 415 g/mol. The lowest BCUT2D eigenvalue weighted by Crippen LogP contribution is -2.44. The first-order valence-corrected chi connectivity index (χ1v) is 11.4. The van der Waals surface area contributed by atoms with Gasteiger partial charge in [-0.05, 0) is 50.2 Å². The molecule has 1 heterocycles. The number of sulfonamides is 1. The van der Waals surface area contributed by atoms with E-state index in [1.54, 1.807) is 24.3 Å². The van der Waals surface area contributed by atoms with Crippen LogP contribution in [0.3, 0.4) is 0 Å². The predicted octanol–water partition coefficient (Wildman–Crippen LogP) is 1.93. The maximum atomic E-state index is 11.8. The van der Waals surface area contributed by atoms with Gasteiger partial charge in [0.15, 0.2) is 5.96 Å². The molecule has 0 radical (unpaired) electrons. The van der Waals surface area contributed by atoms with Gasteiger partial charge in [0.05, 0.1) is 11.4 Å². The van der Waals surface area contributed by atoms with Crippen LogP contribution < -0.4 is 20.3 Å². The second-order valence-corrected chi connectivity index (χ2v) is 8.84. The van der Waals surface area contributed by atoms with Crippen LogP contribution in [0.4, 0.5) is 5.69 Å². The molecule has 2 aromatic carbocycles. The van der Waals surface area contributed by atoms with Gasteiger partial charge in [-0.2, -0.15) is 0 Å². The van der Waals surface area contributed by atoms with Crippen molar-refractivity contribution in [1.29, 1.82) is 0 Å². The number of nitrogens with one attached hydrogen (secondary N) is 3. The molecule has 1 saturated heterocycles. The second-order valence-electron chi connectivity index (χ2n) is 6.96. The first-order chi connectivity index (χ1) is 14.0. The van der Waals surface area contributed by atoms with Crippen LogP contribution in [-0.4, -0.2) is 47.1 Å². The SMILES string of the molecule is CCNC(=NCc1ccc(S(=O)(=O)NC)cc1)NC1CCN(c2ccccc2)C1. The lowest BCUT2D eigenvalue weighted by atomic mass is 10.2. The van der Waals surface area contributed by atoms with Gasteiger partial charge in [0.1, 0.15) is 0 Å². The lowest BCUT2D eigenvalue weighted by molar-refractivity contribution is 0.588. The Kier molecular flexibility index (Phi) is 7.11. The number of para-hydroxylation sites is 1. The summed E-state index contributed by atoms with van der Waals surface area (Å²) in [6.07, 6.45) is 1.05. The standard InChI is InChI=1S/C21H29N5O2S/c1-3-23-21(24-15-17-9-11-20(12-10-17)29(27,28)22-2)25-18-13-14-26(16-18)19-7-5-4-6-8-19/h4-12,18,22H,3,13-16H2,1-2H3,(H2,23,24,25). The summed E-state index contributed by atoms with van der Waals surface area (Å²) in [4.78, 5) is 7.30. The topological polar surface area (TPSA) is 85.8 Å². The van der Waals surface area contributed by atoms with Gasteiger partial charge in [-0.15, -0.1) is 0 Å². The number of rotatable bonds is 7. The van der Waals surface area contributed by atoms with E-state index in [2.05, 4.69) is 49.5 Å². The molecule has 2 aromatic rings. The van der Waals surface area contributed by atoms with Crippen molar-refractivity contribution < 1.29 is 8.42 Å². The predicted molar refractivity (Wildman–Crippen MR) is 118 cm³/mol. The molecule has 7 nitrogen and oxygen atoms in total. The number of anilines is 1. The summed E-state index contributed by atoms with van der Waals surface area (Å²) in [7, 11) is -2.01. The number of aliphatic imine (C=N–C) groups is 1. The van der Waals surface area contributed by atoms with Crippen molar-refractivity contribution in [2.24, 2.45) is 4.99 Å². The average Bonchev–Trinajstić information content (AvgIpc) is 3.22. The molecule has 156 valence electrons. The van der Waals surface area contributed by atoms with E-state index in [0.29, 0.717) is 12.6 Å². The molecule has 0 bridgehead atoms. The summed E-state index contributed by atoms with van der Waals surface area (Å²) in [5.74, 6) is 0.777. The Morgan fingerprint density at radius 1 is 1.14 bits per heavy atom. The second kappa shape index (κ2) is 9.76. The summed E-state index contributed by atoms with van der Waals surface area (Å²) >= 11 is 0. The summed E-state index contributed by atoms with van der Waals surface area (Å²) in [5.41, 5.74) is 2.20. The van der Waals surface area contributed by atoms with Crippen LogP contribution >= 0.6 is 0 Å². The molecule has 1 fully saturated rings. The molecule has 3 N–H and O–H groups in total. The minimum Gasteiger partial charge on any atom is -0.369 e. The zero-order chi connectivity index (χ0) is 20.7. The fourth-order valence-electron chi connectivity index (χ4n) is 3.33. The van der Waals surface area contributed by atoms with Crippen LogP contribution in [-0.2, 0) is 16.6 Å². The number of hydrogen-bond donors (Lipinski definition) is 3. The fourth-order valence-corrected chi connectivity index (χ4v) is 4.06. The number of nitrogens with zero attached hydrogens (tertiary/aromatic N) is 2. The summed E-state index contributed by atoms with van der Waals surface area (Å²) < 4.78 is 26.0. The Balaban J connectivity index is 1.60. The van der Waals surface area contributed by atoms with E-state index < -0.39 is 10.0 Å². The Bertz CT molecular complexity index is 914. The first-order valence-electron chi connectivity index (χ1n) is 9.89. The maximum Gasteiger partial charge on any atom is 0.240 e. The van der Waals surface area contributed by atoms with Crippen molar-refractivity contribution >= 4 is 21.7 Å². The Labute approximate surface area is 173 Å². The molecule has 1 unspecified atom stereocenters. The van der Waals surface area contributed by atoms with E-state index in [4.69, 9.17) is 0 Å². The summed E-state index contributed by atoms with van der Waals surface area (Å²) in [5, 5.41) is 6.82. The number of benzene rings is 2. The van der Waals surface area contributed by atoms with Gasteiger partial charge < -0.3 is 15.5 Å². The molecule has 0 aromatic heterocycles. The van der Waals surface area contributed by atoms with E-state index in [-0.39, 0.29) is 4.90 Å². The highest BCUT2D eigenvalue weighted by Crippen LogP contribution is 2.19. The maximum absolute atomic E-state index is 11.8. The van der Waals surface area contributed by atoms with Crippen LogP contribution in [0.2, 0.25) is 0 Å². The van der Waals surface area contributed by atoms with Crippen molar-refractivity contribution in [1.82, 2.24) is 15.4 Å². The number of hydrogen-bond acceptors (Lipinski definition) is 4. The van der Waals surface area contributed by atoms with Gasteiger partial charge in [0.25, 0.3) is 0 Å². The van der Waals surface area contributed by atoms with Gasteiger partial charge in [0.2, 0.25) is 10.0 Å². The average molecular weight is 416 g/mol. The third kappa shape index (κ3) is 5.71. The van der Waals surface area contributed by atoms with E-state index in [1.165, 1.54) is 12.7 Å². The molecule has 1 atom stereocenters. The molecule has 0 spiro atoms. The van der Waals surface area contributed by atoms with Crippen molar-refractivity contribution in [2.45, 2.75) is 30.8 Å². The van der Waals surface area contributed by atoms with Crippen molar-refractivity contribution in [3.63, 3.8) is 0 Å². The first kappa shape index (κ1) is 21.1. The van der Waals surface area contributed by atoms with Crippen LogP contribution in [0.5, 0.6) is 0 Å². The van der Waals surface area contributed by atoms with Gasteiger partial charge in [-0.3, -0.25) is 0 Å². The minimum atomic E-state index is -3.41. The third-order valence-electron chi connectivity index (χ3n) is 4.92. The molecular formula is C21H29N5O2S. The molecule has 8 heteroatoms. The molecule has 0 aliphatic carbocycles. The van der Waals surface area contributed by atoms with Gasteiger partial charge in [-0.1, -0.05) is 30.3 Å². The van der Waals surface area contributed by atoms with E-state index in [9.17, 15) is 8.42 Å². The normalized spacial score (nSPS) is 17.4. The zero-order valence-corrected chi connectivity index (χ0v) is 17.7. The van der Waals surface area contributed by atoms with E-state index in [1.807, 2.05) is 13.0 Å². The molecule has 1 aliphatic rings. The van der Waals surface area contributed by atoms with Crippen LogP contribution in [0.15, 0.2) is 64.5 Å². The van der Waals surface area contributed by atoms with Crippen LogP contribution in [0.25, 0.3) is 0 Å². The summed E-state index contributed by atoms with van der Waals surface area (Å²) in [6.45, 7) is 5.25. The smallest absolute Gasteiger partial charge is 0.240 e. The van der Waals surface area contributed by atoms with Gasteiger partial charge in [-0.25, -0.2) is 18.1 Å². The van der Waals surface area contributed by atoms with E-state index in [0.717, 1.165) is 37.6 Å². The molecule has 0 amide bonds. The van der Waals surface area contributed by atoms with Gasteiger partial charge >= 0.3 is 0 Å². The van der Waals surface area contributed by atoms with Crippen molar-refractivity contribution in [3.8, 4) is 0 Å². The highest BCUT2D eigenvalue weighted by atomic mass is 32.2. The minimum absolute atomic E-state index is 0.254. The largest absolute Gasteiger partial charge is 0.369 e. The summed E-state index contributed by atoms with van der Waals surface area (Å²) in [6, 6.07) is 17.6. The van der Waals surface area contributed by atoms with Crippen LogP contribution in [0.1, 0.15) is 18.9 Å². The molecule has 1 aliphatic heterocycles. The molecular weight excluding hydrogens is 386 g/mol. The lowest BCUT2D eigenvalue weighted by Gasteiger charge is -2.20. The molecule has 29 heavy (non-hydrogen) atoms. The highest BCUT2D eigenvalue weighted by molar-refractivity contribution is 7.89. The molecule has 3 rings (SSSR count).